The summed E-state index contributed by atoms with van der Waals surface area (Å²) in [6.45, 7) is 2.80. The van der Waals surface area contributed by atoms with Crippen molar-refractivity contribution < 1.29 is 4.74 Å². The van der Waals surface area contributed by atoms with E-state index < -0.39 is 0 Å². The van der Waals surface area contributed by atoms with Crippen molar-refractivity contribution in [1.82, 2.24) is 20.0 Å². The molecule has 15 heavy (non-hydrogen) atoms. The molecule has 6 heteroatoms. The molecule has 0 radical (unpaired) electrons. The Balaban J connectivity index is 2.11. The Labute approximate surface area is 91.7 Å². The summed E-state index contributed by atoms with van der Waals surface area (Å²) in [7, 11) is 0. The van der Waals surface area contributed by atoms with Crippen molar-refractivity contribution in [1.29, 1.82) is 0 Å². The van der Waals surface area contributed by atoms with Crippen molar-refractivity contribution in [3.05, 3.63) is 29.7 Å². The molecule has 0 amide bonds. The van der Waals surface area contributed by atoms with Gasteiger partial charge >= 0.3 is 0 Å². The van der Waals surface area contributed by atoms with E-state index in [1.807, 2.05) is 6.92 Å². The zero-order valence-electron chi connectivity index (χ0n) is 8.09. The lowest BCUT2D eigenvalue weighted by Crippen LogP contribution is -1.92. The zero-order chi connectivity index (χ0) is 10.7. The Bertz CT molecular complexity index is 440. The molecule has 0 saturated heterocycles. The van der Waals surface area contributed by atoms with Crippen LogP contribution in [-0.2, 0) is 6.54 Å². The maximum Gasteiger partial charge on any atom is 0.239 e. The van der Waals surface area contributed by atoms with Gasteiger partial charge in [0, 0.05) is 12.6 Å². The molecule has 0 atom stereocenters. The first-order valence-corrected chi connectivity index (χ1v) is 4.85. The van der Waals surface area contributed by atoms with Gasteiger partial charge in [0.1, 0.15) is 0 Å². The highest BCUT2D eigenvalue weighted by atomic mass is 35.5. The minimum Gasteiger partial charge on any atom is -0.434 e. The first-order chi connectivity index (χ1) is 7.28. The summed E-state index contributed by atoms with van der Waals surface area (Å²) in [4.78, 5) is 0. The number of aromatic nitrogens is 4. The molecule has 0 bridgehead atoms. The summed E-state index contributed by atoms with van der Waals surface area (Å²) in [5.74, 6) is 1.03. The predicted octanol–water partition coefficient (Wildman–Crippen LogP) is 2.14. The molecule has 0 spiro atoms. The largest absolute Gasteiger partial charge is 0.434 e. The third-order valence-electron chi connectivity index (χ3n) is 1.76. The van der Waals surface area contributed by atoms with Crippen molar-refractivity contribution in [3.63, 3.8) is 0 Å². The van der Waals surface area contributed by atoms with Crippen molar-refractivity contribution in [3.8, 4) is 11.6 Å². The van der Waals surface area contributed by atoms with E-state index in [1.165, 1.54) is 0 Å². The fraction of sp³-hybridized carbons (Fsp3) is 0.222. The van der Waals surface area contributed by atoms with Gasteiger partial charge in [-0.3, -0.25) is 4.68 Å². The van der Waals surface area contributed by atoms with Crippen LogP contribution in [0, 0.1) is 0 Å². The highest BCUT2D eigenvalue weighted by Crippen LogP contribution is 2.18. The smallest absolute Gasteiger partial charge is 0.239 e. The summed E-state index contributed by atoms with van der Waals surface area (Å²) in [5, 5.41) is 11.8. The Kier molecular flexibility index (Phi) is 2.82. The average molecular weight is 225 g/mol. The van der Waals surface area contributed by atoms with Crippen LogP contribution >= 0.6 is 11.6 Å². The Morgan fingerprint density at radius 3 is 2.87 bits per heavy atom. The summed E-state index contributed by atoms with van der Waals surface area (Å²) in [5.41, 5.74) is 0. The molecule has 0 aliphatic heterocycles. The number of halogens is 1. The Morgan fingerprint density at radius 2 is 2.27 bits per heavy atom. The third-order valence-corrected chi connectivity index (χ3v) is 1.97. The van der Waals surface area contributed by atoms with Crippen LogP contribution in [-0.4, -0.2) is 20.0 Å². The number of aryl methyl sites for hydroxylation is 1. The number of hydrogen-bond acceptors (Lipinski definition) is 4. The van der Waals surface area contributed by atoms with Gasteiger partial charge in [0.25, 0.3) is 0 Å². The molecule has 2 rings (SSSR count). The molecule has 0 N–H and O–H groups in total. The first-order valence-electron chi connectivity index (χ1n) is 4.47. The molecular weight excluding hydrogens is 216 g/mol. The van der Waals surface area contributed by atoms with E-state index in [0.29, 0.717) is 16.8 Å². The van der Waals surface area contributed by atoms with Crippen molar-refractivity contribution >= 4 is 11.6 Å². The molecule has 0 saturated carbocycles. The van der Waals surface area contributed by atoms with Gasteiger partial charge in [-0.1, -0.05) is 11.6 Å². The summed E-state index contributed by atoms with van der Waals surface area (Å²) >= 11 is 5.60. The first kappa shape index (κ1) is 9.92. The van der Waals surface area contributed by atoms with Gasteiger partial charge in [-0.05, 0) is 13.0 Å². The molecule has 5 nitrogen and oxygen atoms in total. The molecule has 78 valence electrons. The summed E-state index contributed by atoms with van der Waals surface area (Å²) in [6, 6.07) is 3.27. The molecule has 2 aromatic heterocycles. The lowest BCUT2D eigenvalue weighted by molar-refractivity contribution is 0.454. The SMILES string of the molecule is CCn1cc(Oc2ccc(Cl)nn2)cn1. The lowest BCUT2D eigenvalue weighted by Gasteiger charge is -1.99. The van der Waals surface area contributed by atoms with E-state index in [-0.39, 0.29) is 0 Å². The maximum absolute atomic E-state index is 5.60. The lowest BCUT2D eigenvalue weighted by atomic mass is 10.5. The van der Waals surface area contributed by atoms with Crippen LogP contribution in [0.2, 0.25) is 5.15 Å². The predicted molar refractivity (Wildman–Crippen MR) is 55.0 cm³/mol. The highest BCUT2D eigenvalue weighted by molar-refractivity contribution is 6.29. The third kappa shape index (κ3) is 2.44. The normalized spacial score (nSPS) is 10.3. The molecule has 0 aliphatic carbocycles. The monoisotopic (exact) mass is 224 g/mol. The topological polar surface area (TPSA) is 52.8 Å². The van der Waals surface area contributed by atoms with Gasteiger partial charge < -0.3 is 4.74 Å². The van der Waals surface area contributed by atoms with E-state index in [0.717, 1.165) is 6.54 Å². The standard InChI is InChI=1S/C9H9ClN4O/c1-2-14-6-7(5-11-14)15-9-4-3-8(10)12-13-9/h3-6H,2H2,1H3. The van der Waals surface area contributed by atoms with Gasteiger partial charge in [0.15, 0.2) is 10.9 Å². The Hall–Kier alpha value is -1.62. The molecule has 0 fully saturated rings. The van der Waals surface area contributed by atoms with E-state index in [1.54, 1.807) is 29.2 Å². The average Bonchev–Trinajstić information content (AvgIpc) is 2.69. The van der Waals surface area contributed by atoms with Crippen LogP contribution < -0.4 is 4.74 Å². The minimum absolute atomic E-state index is 0.339. The molecular formula is C9H9ClN4O. The minimum atomic E-state index is 0.339. The molecule has 2 heterocycles. The zero-order valence-corrected chi connectivity index (χ0v) is 8.85. The van der Waals surface area contributed by atoms with Crippen LogP contribution in [0.15, 0.2) is 24.5 Å². The molecule has 0 unspecified atom stereocenters. The fourth-order valence-electron chi connectivity index (χ4n) is 1.05. The molecule has 0 aromatic carbocycles. The number of nitrogens with zero attached hydrogens (tertiary/aromatic N) is 4. The summed E-state index contributed by atoms with van der Waals surface area (Å²) in [6.07, 6.45) is 3.41. The van der Waals surface area contributed by atoms with Crippen molar-refractivity contribution in [2.24, 2.45) is 0 Å². The van der Waals surface area contributed by atoms with Gasteiger partial charge in [-0.15, -0.1) is 10.2 Å². The van der Waals surface area contributed by atoms with E-state index in [4.69, 9.17) is 16.3 Å². The number of ether oxygens (including phenoxy) is 1. The van der Waals surface area contributed by atoms with Crippen LogP contribution in [0.5, 0.6) is 11.6 Å². The fourth-order valence-corrected chi connectivity index (χ4v) is 1.15. The highest BCUT2D eigenvalue weighted by Gasteiger charge is 2.01. The van der Waals surface area contributed by atoms with Gasteiger partial charge in [0.2, 0.25) is 5.88 Å². The van der Waals surface area contributed by atoms with E-state index in [9.17, 15) is 0 Å². The molecule has 2 aromatic rings. The quantitative estimate of drug-likeness (QED) is 0.802. The van der Waals surface area contributed by atoms with E-state index in [2.05, 4.69) is 15.3 Å². The van der Waals surface area contributed by atoms with Crippen molar-refractivity contribution in [2.75, 3.05) is 0 Å². The van der Waals surface area contributed by atoms with Crippen LogP contribution in [0.1, 0.15) is 6.92 Å². The summed E-state index contributed by atoms with van der Waals surface area (Å²) < 4.78 is 7.16. The number of hydrogen-bond donors (Lipinski definition) is 0. The second-order valence-electron chi connectivity index (χ2n) is 2.83. The molecule has 0 aliphatic rings. The number of rotatable bonds is 3. The second kappa shape index (κ2) is 4.27. The van der Waals surface area contributed by atoms with E-state index >= 15 is 0 Å². The van der Waals surface area contributed by atoms with Gasteiger partial charge in [-0.25, -0.2) is 0 Å². The van der Waals surface area contributed by atoms with Crippen LogP contribution in [0.4, 0.5) is 0 Å². The second-order valence-corrected chi connectivity index (χ2v) is 3.22. The van der Waals surface area contributed by atoms with Gasteiger partial charge in [0.05, 0.1) is 12.4 Å². The van der Waals surface area contributed by atoms with Crippen molar-refractivity contribution in [2.45, 2.75) is 13.5 Å². The maximum atomic E-state index is 5.60. The van der Waals surface area contributed by atoms with Gasteiger partial charge in [-0.2, -0.15) is 5.10 Å². The van der Waals surface area contributed by atoms with Crippen LogP contribution in [0.25, 0.3) is 0 Å². The Morgan fingerprint density at radius 1 is 1.40 bits per heavy atom. The van der Waals surface area contributed by atoms with Crippen LogP contribution in [0.3, 0.4) is 0 Å².